The van der Waals surface area contributed by atoms with Gasteiger partial charge in [0.2, 0.25) is 0 Å². The van der Waals surface area contributed by atoms with Gasteiger partial charge in [0.1, 0.15) is 10.7 Å². The van der Waals surface area contributed by atoms with E-state index in [2.05, 4.69) is 15.6 Å². The van der Waals surface area contributed by atoms with E-state index in [9.17, 15) is 4.79 Å². The number of nitrogens with one attached hydrogen (secondary N) is 2. The molecule has 0 aromatic carbocycles. The Balaban J connectivity index is 1.92. The van der Waals surface area contributed by atoms with E-state index in [1.165, 1.54) is 11.3 Å². The molecule has 8 heteroatoms. The molecule has 0 aliphatic rings. The summed E-state index contributed by atoms with van der Waals surface area (Å²) in [6.07, 6.45) is 3.13. The summed E-state index contributed by atoms with van der Waals surface area (Å²) >= 11 is 1.22. The number of nitrogens with two attached hydrogens (primary N) is 1. The number of carbonyl (C=O) groups is 1. The van der Waals surface area contributed by atoms with Crippen molar-refractivity contribution in [2.24, 2.45) is 0 Å². The largest absolute Gasteiger partial charge is 0.472 e. The third-order valence-electron chi connectivity index (χ3n) is 2.48. The van der Waals surface area contributed by atoms with Gasteiger partial charge in [0.05, 0.1) is 19.1 Å². The molecule has 108 valence electrons. The number of aromatic nitrogens is 1. The van der Waals surface area contributed by atoms with E-state index in [1.54, 1.807) is 25.7 Å². The number of thiazole rings is 1. The maximum atomic E-state index is 12.0. The minimum absolute atomic E-state index is 0.222. The Morgan fingerprint density at radius 2 is 2.45 bits per heavy atom. The van der Waals surface area contributed by atoms with E-state index in [4.69, 9.17) is 14.9 Å². The van der Waals surface area contributed by atoms with Gasteiger partial charge in [-0.1, -0.05) is 11.3 Å². The highest BCUT2D eigenvalue weighted by Crippen LogP contribution is 2.24. The Hall–Kier alpha value is -2.06. The van der Waals surface area contributed by atoms with Gasteiger partial charge < -0.3 is 25.5 Å². The summed E-state index contributed by atoms with van der Waals surface area (Å²) in [6, 6.07) is 1.79. The summed E-state index contributed by atoms with van der Waals surface area (Å²) in [6.45, 7) is 1.56. The maximum Gasteiger partial charge on any atom is 0.265 e. The minimum Gasteiger partial charge on any atom is -0.472 e. The Morgan fingerprint density at radius 1 is 1.60 bits per heavy atom. The van der Waals surface area contributed by atoms with Gasteiger partial charge in [0, 0.05) is 25.8 Å². The molecular formula is C12H16N4O3S. The van der Waals surface area contributed by atoms with Crippen molar-refractivity contribution < 1.29 is 13.9 Å². The van der Waals surface area contributed by atoms with Crippen LogP contribution in [-0.2, 0) is 11.3 Å². The van der Waals surface area contributed by atoms with Crippen molar-refractivity contribution in [1.29, 1.82) is 0 Å². The fourth-order valence-corrected chi connectivity index (χ4v) is 2.31. The van der Waals surface area contributed by atoms with Crippen molar-refractivity contribution in [3.8, 4) is 0 Å². The molecule has 2 rings (SSSR count). The number of carbonyl (C=O) groups excluding carboxylic acids is 1. The first-order valence-electron chi connectivity index (χ1n) is 5.99. The molecule has 7 nitrogen and oxygen atoms in total. The molecular weight excluding hydrogens is 280 g/mol. The molecule has 2 aromatic rings. The number of amides is 1. The van der Waals surface area contributed by atoms with Crippen LogP contribution in [0.2, 0.25) is 0 Å². The number of ether oxygens (including phenoxy) is 1. The van der Waals surface area contributed by atoms with Crippen molar-refractivity contribution in [3.63, 3.8) is 0 Å². The van der Waals surface area contributed by atoms with Gasteiger partial charge in [0.25, 0.3) is 5.91 Å². The second-order valence-electron chi connectivity index (χ2n) is 3.97. The zero-order chi connectivity index (χ0) is 14.4. The van der Waals surface area contributed by atoms with Crippen LogP contribution in [0.15, 0.2) is 23.0 Å². The third-order valence-corrected chi connectivity index (χ3v) is 3.50. The van der Waals surface area contributed by atoms with Gasteiger partial charge in [-0.05, 0) is 6.07 Å². The van der Waals surface area contributed by atoms with E-state index in [-0.39, 0.29) is 11.7 Å². The molecule has 0 unspecified atom stereocenters. The molecule has 0 bridgehead atoms. The van der Waals surface area contributed by atoms with Crippen LogP contribution in [-0.4, -0.2) is 31.2 Å². The van der Waals surface area contributed by atoms with Gasteiger partial charge in [-0.2, -0.15) is 0 Å². The molecule has 0 fully saturated rings. The van der Waals surface area contributed by atoms with Crippen molar-refractivity contribution in [1.82, 2.24) is 10.3 Å². The van der Waals surface area contributed by atoms with Crippen molar-refractivity contribution in [2.75, 3.05) is 31.3 Å². The van der Waals surface area contributed by atoms with Crippen molar-refractivity contribution in [2.45, 2.75) is 6.54 Å². The summed E-state index contributed by atoms with van der Waals surface area (Å²) in [5.74, 6) is -0.0272. The van der Waals surface area contributed by atoms with Crippen molar-refractivity contribution >= 4 is 28.2 Å². The van der Waals surface area contributed by atoms with Crippen molar-refractivity contribution in [3.05, 3.63) is 29.0 Å². The highest BCUT2D eigenvalue weighted by Gasteiger charge is 2.15. The topological polar surface area (TPSA) is 102 Å². The summed E-state index contributed by atoms with van der Waals surface area (Å²) in [4.78, 5) is 16.5. The van der Waals surface area contributed by atoms with Gasteiger partial charge in [0.15, 0.2) is 5.13 Å². The van der Waals surface area contributed by atoms with E-state index in [0.29, 0.717) is 29.7 Å². The fraction of sp³-hybridized carbons (Fsp3) is 0.333. The number of anilines is 2. The first-order chi connectivity index (χ1) is 9.70. The van der Waals surface area contributed by atoms with E-state index < -0.39 is 0 Å². The molecule has 1 amide bonds. The average molecular weight is 296 g/mol. The number of hydrogen-bond acceptors (Lipinski definition) is 7. The molecule has 0 aliphatic carbocycles. The lowest BCUT2D eigenvalue weighted by Gasteiger charge is -2.01. The number of nitrogens with zero attached hydrogens (tertiary/aromatic N) is 1. The number of rotatable bonds is 7. The lowest BCUT2D eigenvalue weighted by atomic mass is 10.3. The molecule has 20 heavy (non-hydrogen) atoms. The molecule has 0 saturated heterocycles. The first-order valence-corrected chi connectivity index (χ1v) is 6.80. The summed E-state index contributed by atoms with van der Waals surface area (Å²) in [5.41, 5.74) is 6.63. The molecule has 0 saturated carbocycles. The van der Waals surface area contributed by atoms with Gasteiger partial charge in [-0.3, -0.25) is 4.79 Å². The maximum absolute atomic E-state index is 12.0. The highest BCUT2D eigenvalue weighted by molar-refractivity contribution is 7.18. The average Bonchev–Trinajstić information content (AvgIpc) is 3.06. The monoisotopic (exact) mass is 296 g/mol. The fourth-order valence-electron chi connectivity index (χ4n) is 1.49. The van der Waals surface area contributed by atoms with Crippen LogP contribution in [0.1, 0.15) is 15.2 Å². The van der Waals surface area contributed by atoms with Crippen LogP contribution in [0.4, 0.5) is 10.9 Å². The first kappa shape index (κ1) is 14.4. The smallest absolute Gasteiger partial charge is 0.265 e. The standard InChI is InChI=1S/C12H16N4O3S/c1-18-5-3-14-12-16-10(13)9(20-12)11(17)15-6-8-2-4-19-7-8/h2,4,7H,3,5-6,13H2,1H3,(H,14,16)(H,15,17). The van der Waals surface area contributed by atoms with Crippen LogP contribution in [0.25, 0.3) is 0 Å². The molecule has 0 spiro atoms. The minimum atomic E-state index is -0.249. The predicted octanol–water partition coefficient (Wildman–Crippen LogP) is 1.31. The Morgan fingerprint density at radius 3 is 3.15 bits per heavy atom. The van der Waals surface area contributed by atoms with Gasteiger partial charge in [-0.25, -0.2) is 4.98 Å². The van der Waals surface area contributed by atoms with Crippen LogP contribution in [0.5, 0.6) is 0 Å². The second kappa shape index (κ2) is 6.92. The predicted molar refractivity (Wildman–Crippen MR) is 76.8 cm³/mol. The molecule has 0 aliphatic heterocycles. The number of furan rings is 1. The lowest BCUT2D eigenvalue weighted by molar-refractivity contribution is 0.0955. The zero-order valence-corrected chi connectivity index (χ0v) is 11.8. The number of methoxy groups -OCH3 is 1. The third kappa shape index (κ3) is 3.72. The zero-order valence-electron chi connectivity index (χ0n) is 11.0. The SMILES string of the molecule is COCCNc1nc(N)c(C(=O)NCc2ccoc2)s1. The highest BCUT2D eigenvalue weighted by atomic mass is 32.1. The molecule has 4 N–H and O–H groups in total. The summed E-state index contributed by atoms with van der Waals surface area (Å²) < 4.78 is 9.85. The molecule has 0 atom stereocenters. The van der Waals surface area contributed by atoms with E-state index >= 15 is 0 Å². The Labute approximate surface area is 120 Å². The van der Waals surface area contributed by atoms with E-state index in [1.807, 2.05) is 0 Å². The van der Waals surface area contributed by atoms with Gasteiger partial charge in [-0.15, -0.1) is 0 Å². The second-order valence-corrected chi connectivity index (χ2v) is 4.97. The molecule has 2 heterocycles. The van der Waals surface area contributed by atoms with Crippen LogP contribution < -0.4 is 16.4 Å². The van der Waals surface area contributed by atoms with Crippen LogP contribution in [0, 0.1) is 0 Å². The Bertz CT molecular complexity index is 553. The lowest BCUT2D eigenvalue weighted by Crippen LogP contribution is -2.22. The summed E-state index contributed by atoms with van der Waals surface area (Å²) in [5, 5.41) is 6.41. The normalized spacial score (nSPS) is 10.4. The van der Waals surface area contributed by atoms with E-state index in [0.717, 1.165) is 5.56 Å². The van der Waals surface area contributed by atoms with Gasteiger partial charge >= 0.3 is 0 Å². The number of hydrogen-bond donors (Lipinski definition) is 3. The van der Waals surface area contributed by atoms with Crippen LogP contribution in [0.3, 0.4) is 0 Å². The quantitative estimate of drug-likeness (QED) is 0.666. The number of nitrogen functional groups attached to an aromatic ring is 1. The van der Waals surface area contributed by atoms with Crippen LogP contribution >= 0.6 is 11.3 Å². The summed E-state index contributed by atoms with van der Waals surface area (Å²) in [7, 11) is 1.62. The molecule has 0 radical (unpaired) electrons. The Kier molecular flexibility index (Phi) is 4.97. The molecule has 2 aromatic heterocycles.